The summed E-state index contributed by atoms with van der Waals surface area (Å²) in [5, 5.41) is 3.47. The van der Waals surface area contributed by atoms with Crippen molar-refractivity contribution in [2.45, 2.75) is 85.3 Å². The van der Waals surface area contributed by atoms with Gasteiger partial charge in [-0.05, 0) is 63.3 Å². The van der Waals surface area contributed by atoms with Crippen LogP contribution in [0.15, 0.2) is 0 Å². The van der Waals surface area contributed by atoms with E-state index in [1.54, 1.807) is 0 Å². The van der Waals surface area contributed by atoms with Gasteiger partial charge in [0.25, 0.3) is 0 Å². The first-order valence-corrected chi connectivity index (χ1v) is 8.89. The molecule has 0 heterocycles. The lowest BCUT2D eigenvalue weighted by Crippen LogP contribution is -2.34. The van der Waals surface area contributed by atoms with Crippen LogP contribution in [-0.2, 0) is 4.74 Å². The molecule has 0 bridgehead atoms. The molecule has 1 aliphatic carbocycles. The summed E-state index contributed by atoms with van der Waals surface area (Å²) in [5.41, 5.74) is 0. The van der Waals surface area contributed by atoms with Gasteiger partial charge in [-0.2, -0.15) is 0 Å². The van der Waals surface area contributed by atoms with Crippen LogP contribution < -0.4 is 5.32 Å². The normalized spacial score (nSPS) is 28.8. The van der Waals surface area contributed by atoms with Gasteiger partial charge in [-0.25, -0.2) is 0 Å². The third-order valence-corrected chi connectivity index (χ3v) is 4.88. The SMILES string of the molecule is CCNC(C)CCCCOC1CC(C)CCC1C(C)C. The van der Waals surface area contributed by atoms with Crippen LogP contribution in [0.3, 0.4) is 0 Å². The molecule has 4 atom stereocenters. The zero-order chi connectivity index (χ0) is 15.0. The molecule has 0 aromatic heterocycles. The van der Waals surface area contributed by atoms with Gasteiger partial charge in [-0.3, -0.25) is 0 Å². The number of hydrogen-bond donors (Lipinski definition) is 1. The minimum atomic E-state index is 0.518. The molecule has 0 aliphatic heterocycles. The van der Waals surface area contributed by atoms with Gasteiger partial charge in [-0.15, -0.1) is 0 Å². The van der Waals surface area contributed by atoms with Gasteiger partial charge < -0.3 is 10.1 Å². The standard InChI is InChI=1S/C18H37NO/c1-6-19-16(5)9-7-8-12-20-18-13-15(4)10-11-17(18)14(2)3/h14-19H,6-13H2,1-5H3. The molecule has 120 valence electrons. The van der Waals surface area contributed by atoms with Crippen molar-refractivity contribution in [2.75, 3.05) is 13.2 Å². The largest absolute Gasteiger partial charge is 0.378 e. The van der Waals surface area contributed by atoms with Crippen LogP contribution in [0.2, 0.25) is 0 Å². The van der Waals surface area contributed by atoms with Crippen LogP contribution >= 0.6 is 0 Å². The summed E-state index contributed by atoms with van der Waals surface area (Å²) in [6, 6.07) is 0.651. The fourth-order valence-electron chi connectivity index (χ4n) is 3.54. The summed E-state index contributed by atoms with van der Waals surface area (Å²) < 4.78 is 6.25. The molecule has 1 N–H and O–H groups in total. The molecule has 20 heavy (non-hydrogen) atoms. The van der Waals surface area contributed by atoms with Crippen molar-refractivity contribution in [3.63, 3.8) is 0 Å². The average Bonchev–Trinajstić information content (AvgIpc) is 2.38. The second kappa shape index (κ2) is 9.78. The highest BCUT2D eigenvalue weighted by Crippen LogP contribution is 2.35. The van der Waals surface area contributed by atoms with Gasteiger partial charge in [-0.1, -0.05) is 34.1 Å². The van der Waals surface area contributed by atoms with Crippen molar-refractivity contribution < 1.29 is 4.74 Å². The fraction of sp³-hybridized carbons (Fsp3) is 1.00. The molecule has 0 amide bonds. The topological polar surface area (TPSA) is 21.3 Å². The summed E-state index contributed by atoms with van der Waals surface area (Å²) in [5.74, 6) is 2.40. The fourth-order valence-corrected chi connectivity index (χ4v) is 3.54. The van der Waals surface area contributed by atoms with Gasteiger partial charge >= 0.3 is 0 Å². The summed E-state index contributed by atoms with van der Waals surface area (Å²) in [6.45, 7) is 13.6. The van der Waals surface area contributed by atoms with Crippen molar-refractivity contribution in [1.29, 1.82) is 0 Å². The quantitative estimate of drug-likeness (QED) is 0.623. The van der Waals surface area contributed by atoms with Crippen LogP contribution in [-0.4, -0.2) is 25.3 Å². The molecule has 0 spiro atoms. The van der Waals surface area contributed by atoms with Crippen LogP contribution in [0.5, 0.6) is 0 Å². The van der Waals surface area contributed by atoms with E-state index in [1.807, 2.05) is 0 Å². The molecule has 1 aliphatic rings. The van der Waals surface area contributed by atoms with E-state index in [0.29, 0.717) is 12.1 Å². The number of unbranched alkanes of at least 4 members (excludes halogenated alkanes) is 1. The number of hydrogen-bond acceptors (Lipinski definition) is 2. The van der Waals surface area contributed by atoms with E-state index in [9.17, 15) is 0 Å². The molecule has 2 heteroatoms. The molecule has 0 aromatic rings. The van der Waals surface area contributed by atoms with Crippen molar-refractivity contribution in [3.8, 4) is 0 Å². The highest BCUT2D eigenvalue weighted by Gasteiger charge is 2.31. The van der Waals surface area contributed by atoms with Crippen molar-refractivity contribution in [3.05, 3.63) is 0 Å². The van der Waals surface area contributed by atoms with E-state index in [1.165, 1.54) is 38.5 Å². The zero-order valence-electron chi connectivity index (χ0n) is 14.5. The Morgan fingerprint density at radius 2 is 1.90 bits per heavy atom. The summed E-state index contributed by atoms with van der Waals surface area (Å²) in [4.78, 5) is 0. The molecule has 1 rings (SSSR count). The van der Waals surface area contributed by atoms with Crippen molar-refractivity contribution in [1.82, 2.24) is 5.32 Å². The van der Waals surface area contributed by atoms with E-state index in [0.717, 1.165) is 30.9 Å². The second-order valence-corrected chi connectivity index (χ2v) is 7.19. The lowest BCUT2D eigenvalue weighted by Gasteiger charge is -2.37. The number of nitrogens with one attached hydrogen (secondary N) is 1. The molecule has 0 saturated heterocycles. The molecule has 2 nitrogen and oxygen atoms in total. The molecular formula is C18H37NO. The van der Waals surface area contributed by atoms with Crippen LogP contribution in [0, 0.1) is 17.8 Å². The summed E-state index contributed by atoms with van der Waals surface area (Å²) in [6.07, 6.45) is 8.31. The lowest BCUT2D eigenvalue weighted by atomic mass is 9.75. The summed E-state index contributed by atoms with van der Waals surface area (Å²) in [7, 11) is 0. The van der Waals surface area contributed by atoms with Gasteiger partial charge in [0.1, 0.15) is 0 Å². The Bertz CT molecular complexity index is 242. The highest BCUT2D eigenvalue weighted by atomic mass is 16.5. The van der Waals surface area contributed by atoms with Crippen LogP contribution in [0.25, 0.3) is 0 Å². The van der Waals surface area contributed by atoms with Crippen molar-refractivity contribution in [2.24, 2.45) is 17.8 Å². The van der Waals surface area contributed by atoms with E-state index >= 15 is 0 Å². The van der Waals surface area contributed by atoms with Gasteiger partial charge in [0.2, 0.25) is 0 Å². The van der Waals surface area contributed by atoms with E-state index in [2.05, 4.69) is 39.9 Å². The van der Waals surface area contributed by atoms with Crippen molar-refractivity contribution >= 4 is 0 Å². The zero-order valence-corrected chi connectivity index (χ0v) is 14.5. The average molecular weight is 284 g/mol. The Labute approximate surface area is 127 Å². The van der Waals surface area contributed by atoms with E-state index in [4.69, 9.17) is 4.74 Å². The first kappa shape index (κ1) is 18.0. The Morgan fingerprint density at radius 1 is 1.15 bits per heavy atom. The predicted octanol–water partition coefficient (Wildman–Crippen LogP) is 4.63. The Balaban J connectivity index is 2.18. The Morgan fingerprint density at radius 3 is 2.55 bits per heavy atom. The number of rotatable bonds is 9. The first-order valence-electron chi connectivity index (χ1n) is 8.89. The monoisotopic (exact) mass is 283 g/mol. The minimum Gasteiger partial charge on any atom is -0.378 e. The summed E-state index contributed by atoms with van der Waals surface area (Å²) >= 11 is 0. The Kier molecular flexibility index (Phi) is 8.79. The van der Waals surface area contributed by atoms with Crippen LogP contribution in [0.4, 0.5) is 0 Å². The van der Waals surface area contributed by atoms with Gasteiger partial charge in [0, 0.05) is 12.6 Å². The lowest BCUT2D eigenvalue weighted by molar-refractivity contribution is -0.0395. The van der Waals surface area contributed by atoms with E-state index < -0.39 is 0 Å². The smallest absolute Gasteiger partial charge is 0.0608 e. The first-order chi connectivity index (χ1) is 9.54. The van der Waals surface area contributed by atoms with Gasteiger partial charge in [0.05, 0.1) is 6.10 Å². The molecule has 4 unspecified atom stereocenters. The molecular weight excluding hydrogens is 246 g/mol. The maximum Gasteiger partial charge on any atom is 0.0608 e. The molecule has 1 saturated carbocycles. The maximum absolute atomic E-state index is 6.25. The van der Waals surface area contributed by atoms with Gasteiger partial charge in [0.15, 0.2) is 0 Å². The molecule has 0 aromatic carbocycles. The highest BCUT2D eigenvalue weighted by molar-refractivity contribution is 4.81. The number of ether oxygens (including phenoxy) is 1. The predicted molar refractivity (Wildman–Crippen MR) is 88.1 cm³/mol. The van der Waals surface area contributed by atoms with Crippen LogP contribution in [0.1, 0.15) is 73.1 Å². The minimum absolute atomic E-state index is 0.518. The maximum atomic E-state index is 6.25. The second-order valence-electron chi connectivity index (χ2n) is 7.19. The molecule has 0 radical (unpaired) electrons. The third-order valence-electron chi connectivity index (χ3n) is 4.88. The third kappa shape index (κ3) is 6.58. The Hall–Kier alpha value is -0.0800. The molecule has 1 fully saturated rings. The van der Waals surface area contributed by atoms with E-state index in [-0.39, 0.29) is 0 Å².